The van der Waals surface area contributed by atoms with Gasteiger partial charge in [0.2, 0.25) is 0 Å². The van der Waals surface area contributed by atoms with Crippen LogP contribution >= 0.6 is 0 Å². The molecule has 0 spiro atoms. The Kier molecular flexibility index (Phi) is 5.30. The van der Waals surface area contributed by atoms with Gasteiger partial charge >= 0.3 is 5.97 Å². The molecule has 1 heterocycles. The second-order valence-electron chi connectivity index (χ2n) is 5.06. The Morgan fingerprint density at radius 2 is 1.79 bits per heavy atom. The van der Waals surface area contributed by atoms with Crippen LogP contribution in [0.4, 0.5) is 0 Å². The molecule has 0 bridgehead atoms. The van der Waals surface area contributed by atoms with Crippen molar-refractivity contribution in [3.05, 3.63) is 59.4 Å². The maximum absolute atomic E-state index is 12.2. The van der Waals surface area contributed by atoms with E-state index in [4.69, 9.17) is 0 Å². The molecule has 2 rings (SSSR count). The number of carbonyl (C=O) groups is 1. The molecule has 126 valence electrons. The van der Waals surface area contributed by atoms with Crippen molar-refractivity contribution >= 4 is 21.7 Å². The molecule has 8 heteroatoms. The molecule has 0 unspecified atom stereocenters. The summed E-state index contributed by atoms with van der Waals surface area (Å²) in [5, 5.41) is 3.88. The third-order valence-electron chi connectivity index (χ3n) is 3.24. The number of nitrogens with one attached hydrogen (secondary N) is 1. The first-order chi connectivity index (χ1) is 11.3. The molecule has 0 aliphatic heterocycles. The first-order valence-electron chi connectivity index (χ1n) is 7.00. The highest BCUT2D eigenvalue weighted by Crippen LogP contribution is 2.10. The lowest BCUT2D eigenvalue weighted by Gasteiger charge is -2.06. The fraction of sp³-hybridized carbons (Fsp3) is 0.188. The Labute approximate surface area is 140 Å². The molecule has 0 saturated carbocycles. The van der Waals surface area contributed by atoms with Crippen LogP contribution in [0.3, 0.4) is 0 Å². The van der Waals surface area contributed by atoms with Crippen molar-refractivity contribution in [1.82, 2.24) is 9.82 Å². The second-order valence-corrected chi connectivity index (χ2v) is 6.72. The highest BCUT2D eigenvalue weighted by Gasteiger charge is 2.13. The van der Waals surface area contributed by atoms with E-state index in [0.29, 0.717) is 11.3 Å². The summed E-state index contributed by atoms with van der Waals surface area (Å²) in [4.78, 5) is 17.7. The van der Waals surface area contributed by atoms with Crippen molar-refractivity contribution in [2.45, 2.75) is 18.7 Å². The summed E-state index contributed by atoms with van der Waals surface area (Å²) >= 11 is 0. The Balaban J connectivity index is 2.22. The Hall–Kier alpha value is -2.74. The summed E-state index contributed by atoms with van der Waals surface area (Å²) in [6.07, 6.45) is 2.84. The van der Waals surface area contributed by atoms with Crippen LogP contribution in [0.1, 0.15) is 28.4 Å². The zero-order chi connectivity index (χ0) is 17.7. The van der Waals surface area contributed by atoms with Crippen LogP contribution in [0.5, 0.6) is 0 Å². The SMILES string of the molecule is COC(=O)c1cncc(/C(C)=N\NS(=O)(=O)c2ccc(C)cc2)c1. The number of aryl methyl sites for hydroxylation is 1. The molecular weight excluding hydrogens is 330 g/mol. The smallest absolute Gasteiger partial charge is 0.339 e. The number of carbonyl (C=O) groups excluding carboxylic acids is 1. The number of hydrazone groups is 1. The number of methoxy groups -OCH3 is 1. The van der Waals surface area contributed by atoms with Crippen LogP contribution in [-0.2, 0) is 14.8 Å². The first-order valence-corrected chi connectivity index (χ1v) is 8.48. The number of esters is 1. The molecule has 2 aromatic rings. The van der Waals surface area contributed by atoms with Crippen molar-refractivity contribution in [2.75, 3.05) is 7.11 Å². The quantitative estimate of drug-likeness (QED) is 0.506. The van der Waals surface area contributed by atoms with Gasteiger partial charge in [0.1, 0.15) is 0 Å². The van der Waals surface area contributed by atoms with Gasteiger partial charge in [0.05, 0.1) is 23.3 Å². The van der Waals surface area contributed by atoms with E-state index in [9.17, 15) is 13.2 Å². The average molecular weight is 347 g/mol. The van der Waals surface area contributed by atoms with Gasteiger partial charge in [-0.25, -0.2) is 4.79 Å². The van der Waals surface area contributed by atoms with Gasteiger partial charge in [-0.2, -0.15) is 18.4 Å². The number of pyridine rings is 1. The normalized spacial score (nSPS) is 11.9. The van der Waals surface area contributed by atoms with Crippen molar-refractivity contribution in [3.8, 4) is 0 Å². The highest BCUT2D eigenvalue weighted by atomic mass is 32.2. The fourth-order valence-electron chi connectivity index (χ4n) is 1.83. The van der Waals surface area contributed by atoms with Crippen molar-refractivity contribution in [3.63, 3.8) is 0 Å². The van der Waals surface area contributed by atoms with Gasteiger partial charge in [0.25, 0.3) is 10.0 Å². The van der Waals surface area contributed by atoms with E-state index >= 15 is 0 Å². The summed E-state index contributed by atoms with van der Waals surface area (Å²) < 4.78 is 29.0. The number of aromatic nitrogens is 1. The standard InChI is InChI=1S/C16H17N3O4S/c1-11-4-6-15(7-5-11)24(21,22)19-18-12(2)13-8-14(10-17-9-13)16(20)23-3/h4-10,19H,1-3H3/b18-12-. The number of hydrogen-bond acceptors (Lipinski definition) is 6. The van der Waals surface area contributed by atoms with Crippen LogP contribution < -0.4 is 4.83 Å². The Bertz CT molecular complexity index is 874. The average Bonchev–Trinajstić information content (AvgIpc) is 2.59. The number of benzene rings is 1. The molecule has 0 saturated heterocycles. The minimum Gasteiger partial charge on any atom is -0.465 e. The Morgan fingerprint density at radius 1 is 1.17 bits per heavy atom. The van der Waals surface area contributed by atoms with Crippen molar-refractivity contribution in [1.29, 1.82) is 0 Å². The van der Waals surface area contributed by atoms with E-state index in [2.05, 4.69) is 19.7 Å². The highest BCUT2D eigenvalue weighted by molar-refractivity contribution is 7.89. The van der Waals surface area contributed by atoms with E-state index in [1.807, 2.05) is 6.92 Å². The largest absolute Gasteiger partial charge is 0.465 e. The van der Waals surface area contributed by atoms with Gasteiger partial charge in [-0.1, -0.05) is 17.7 Å². The van der Waals surface area contributed by atoms with Gasteiger partial charge in [0, 0.05) is 18.0 Å². The zero-order valence-electron chi connectivity index (χ0n) is 13.5. The van der Waals surface area contributed by atoms with Gasteiger partial charge in [-0.05, 0) is 32.0 Å². The lowest BCUT2D eigenvalue weighted by molar-refractivity contribution is 0.0600. The summed E-state index contributed by atoms with van der Waals surface area (Å²) in [5.74, 6) is -0.530. The number of rotatable bonds is 5. The predicted molar refractivity (Wildman–Crippen MR) is 89.3 cm³/mol. The Morgan fingerprint density at radius 3 is 2.42 bits per heavy atom. The molecule has 0 radical (unpaired) electrons. The van der Waals surface area contributed by atoms with E-state index < -0.39 is 16.0 Å². The molecule has 1 N–H and O–H groups in total. The van der Waals surface area contributed by atoms with E-state index in [1.54, 1.807) is 19.1 Å². The summed E-state index contributed by atoms with van der Waals surface area (Å²) in [6.45, 7) is 3.48. The van der Waals surface area contributed by atoms with Gasteiger partial charge in [-0.15, -0.1) is 0 Å². The van der Waals surface area contributed by atoms with Gasteiger partial charge < -0.3 is 4.74 Å². The third kappa shape index (κ3) is 4.17. The molecule has 0 atom stereocenters. The summed E-state index contributed by atoms with van der Waals surface area (Å²) in [5.41, 5.74) is 2.08. The third-order valence-corrected chi connectivity index (χ3v) is 4.47. The molecule has 0 amide bonds. The molecule has 24 heavy (non-hydrogen) atoms. The molecule has 0 aliphatic rings. The van der Waals surface area contributed by atoms with Gasteiger partial charge in [0.15, 0.2) is 0 Å². The molecule has 1 aromatic heterocycles. The number of hydrogen-bond donors (Lipinski definition) is 1. The van der Waals surface area contributed by atoms with E-state index in [-0.39, 0.29) is 10.5 Å². The molecule has 0 aliphatic carbocycles. The van der Waals surface area contributed by atoms with Crippen molar-refractivity contribution in [2.24, 2.45) is 5.10 Å². The van der Waals surface area contributed by atoms with Crippen LogP contribution in [0.15, 0.2) is 52.7 Å². The van der Waals surface area contributed by atoms with Crippen molar-refractivity contribution < 1.29 is 17.9 Å². The maximum Gasteiger partial charge on any atom is 0.339 e. The van der Waals surface area contributed by atoms with Crippen LogP contribution in [-0.4, -0.2) is 32.2 Å². The first kappa shape index (κ1) is 17.6. The number of sulfonamides is 1. The monoisotopic (exact) mass is 347 g/mol. The van der Waals surface area contributed by atoms with E-state index in [0.717, 1.165) is 5.56 Å². The lowest BCUT2D eigenvalue weighted by Crippen LogP contribution is -2.20. The fourth-order valence-corrected chi connectivity index (χ4v) is 2.69. The second kappa shape index (κ2) is 7.22. The van der Waals surface area contributed by atoms with Crippen LogP contribution in [0, 0.1) is 6.92 Å². The molecule has 7 nitrogen and oxygen atoms in total. The summed E-state index contributed by atoms with van der Waals surface area (Å²) in [7, 11) is -2.49. The molecular formula is C16H17N3O4S. The van der Waals surface area contributed by atoms with Crippen LogP contribution in [0.2, 0.25) is 0 Å². The predicted octanol–water partition coefficient (Wildman–Crippen LogP) is 1.88. The lowest BCUT2D eigenvalue weighted by atomic mass is 10.1. The molecule has 1 aromatic carbocycles. The minimum absolute atomic E-state index is 0.117. The number of ether oxygens (including phenoxy) is 1. The minimum atomic E-state index is -3.76. The number of nitrogens with zero attached hydrogens (tertiary/aromatic N) is 2. The van der Waals surface area contributed by atoms with Gasteiger partial charge in [-0.3, -0.25) is 4.98 Å². The maximum atomic E-state index is 12.2. The summed E-state index contributed by atoms with van der Waals surface area (Å²) in [6, 6.07) is 7.94. The zero-order valence-corrected chi connectivity index (χ0v) is 14.3. The van der Waals surface area contributed by atoms with E-state index in [1.165, 1.54) is 37.7 Å². The topological polar surface area (TPSA) is 97.7 Å². The molecule has 0 fully saturated rings. The van der Waals surface area contributed by atoms with Crippen LogP contribution in [0.25, 0.3) is 0 Å².